The van der Waals surface area contributed by atoms with Crippen LogP contribution in [-0.2, 0) is 6.42 Å². The zero-order chi connectivity index (χ0) is 11.0. The van der Waals surface area contributed by atoms with Gasteiger partial charge in [0.2, 0.25) is 0 Å². The molecule has 5 heteroatoms. The Morgan fingerprint density at radius 3 is 3.19 bits per heavy atom. The normalized spacial score (nSPS) is 11.0. The van der Waals surface area contributed by atoms with E-state index in [1.54, 1.807) is 17.0 Å². The lowest BCUT2D eigenvalue weighted by molar-refractivity contribution is 0.517. The Labute approximate surface area is 90.3 Å². The molecule has 1 N–H and O–H groups in total. The summed E-state index contributed by atoms with van der Waals surface area (Å²) in [5.41, 5.74) is 0.574. The topological polar surface area (TPSA) is 63.3 Å². The van der Waals surface area contributed by atoms with Crippen LogP contribution in [0.15, 0.2) is 45.9 Å². The Balaban J connectivity index is 2.02. The highest BCUT2D eigenvalue weighted by atomic mass is 16.3. The average Bonchev–Trinajstić information content (AvgIpc) is 2.86. The van der Waals surface area contributed by atoms with Gasteiger partial charge in [-0.1, -0.05) is 0 Å². The van der Waals surface area contributed by atoms with E-state index in [0.29, 0.717) is 12.1 Å². The lowest BCUT2D eigenvalue weighted by atomic mass is 10.3. The summed E-state index contributed by atoms with van der Waals surface area (Å²) >= 11 is 0. The molecule has 3 aromatic rings. The Hall–Kier alpha value is -2.30. The fourth-order valence-electron chi connectivity index (χ4n) is 1.61. The van der Waals surface area contributed by atoms with Crippen molar-refractivity contribution in [3.63, 3.8) is 0 Å². The predicted octanol–water partition coefficient (Wildman–Crippen LogP) is 1.21. The number of aromatic nitrogens is 3. The summed E-state index contributed by atoms with van der Waals surface area (Å²) in [6.45, 7) is 0. The summed E-state index contributed by atoms with van der Waals surface area (Å²) in [4.78, 5) is 15.4. The van der Waals surface area contributed by atoms with E-state index in [4.69, 9.17) is 4.42 Å². The standard InChI is InChI=1S/C11H9N3O2/c15-8-3-4-14-11(6-8)12-10(13-14)7-9-2-1-5-16-9/h1-6H,7H2,(H,12,13). The first-order valence-corrected chi connectivity index (χ1v) is 4.91. The molecule has 3 heterocycles. The number of rotatable bonds is 2. The van der Waals surface area contributed by atoms with Crippen molar-refractivity contribution in [2.45, 2.75) is 6.42 Å². The molecule has 3 aromatic heterocycles. The number of H-pyrrole nitrogens is 1. The van der Waals surface area contributed by atoms with E-state index >= 15 is 0 Å². The highest BCUT2D eigenvalue weighted by Crippen LogP contribution is 2.07. The Morgan fingerprint density at radius 2 is 2.38 bits per heavy atom. The first-order chi connectivity index (χ1) is 7.81. The molecule has 80 valence electrons. The fraction of sp³-hybridized carbons (Fsp3) is 0.0909. The number of aromatic amines is 1. The van der Waals surface area contributed by atoms with Crippen molar-refractivity contribution < 1.29 is 4.42 Å². The Morgan fingerprint density at radius 1 is 1.44 bits per heavy atom. The van der Waals surface area contributed by atoms with Crippen LogP contribution in [0.5, 0.6) is 0 Å². The molecule has 3 rings (SSSR count). The minimum atomic E-state index is -0.0453. The molecule has 0 amide bonds. The van der Waals surface area contributed by atoms with Crippen LogP contribution in [0.1, 0.15) is 11.6 Å². The quantitative estimate of drug-likeness (QED) is 0.698. The van der Waals surface area contributed by atoms with Crippen LogP contribution >= 0.6 is 0 Å². The van der Waals surface area contributed by atoms with Crippen LogP contribution in [0.25, 0.3) is 5.65 Å². The zero-order valence-electron chi connectivity index (χ0n) is 8.38. The van der Waals surface area contributed by atoms with Gasteiger partial charge in [0.25, 0.3) is 0 Å². The summed E-state index contributed by atoms with van der Waals surface area (Å²) in [5.74, 6) is 1.60. The number of nitrogens with zero attached hydrogens (tertiary/aromatic N) is 2. The van der Waals surface area contributed by atoms with Gasteiger partial charge < -0.3 is 4.42 Å². The highest BCUT2D eigenvalue weighted by Gasteiger charge is 2.04. The summed E-state index contributed by atoms with van der Waals surface area (Å²) < 4.78 is 6.93. The van der Waals surface area contributed by atoms with E-state index in [1.165, 1.54) is 12.1 Å². The molecule has 0 aliphatic rings. The molecule has 0 atom stereocenters. The first kappa shape index (κ1) is 8.96. The minimum absolute atomic E-state index is 0.0453. The lowest BCUT2D eigenvalue weighted by Gasteiger charge is -1.90. The van der Waals surface area contributed by atoms with E-state index < -0.39 is 0 Å². The zero-order valence-corrected chi connectivity index (χ0v) is 8.38. The monoisotopic (exact) mass is 215 g/mol. The van der Waals surface area contributed by atoms with Crippen molar-refractivity contribution in [2.75, 3.05) is 0 Å². The van der Waals surface area contributed by atoms with Gasteiger partial charge in [0.05, 0.1) is 12.7 Å². The number of hydrogen-bond acceptors (Lipinski definition) is 3. The van der Waals surface area contributed by atoms with Crippen LogP contribution in [0, 0.1) is 0 Å². The molecular formula is C11H9N3O2. The molecule has 0 unspecified atom stereocenters. The number of fused-ring (bicyclic) bond motifs is 1. The van der Waals surface area contributed by atoms with E-state index in [-0.39, 0.29) is 5.43 Å². The Kier molecular flexibility index (Phi) is 1.89. The van der Waals surface area contributed by atoms with E-state index in [0.717, 1.165) is 11.6 Å². The molecule has 0 fully saturated rings. The van der Waals surface area contributed by atoms with E-state index in [1.807, 2.05) is 12.1 Å². The number of pyridine rings is 1. The minimum Gasteiger partial charge on any atom is -0.469 e. The molecule has 0 aliphatic heterocycles. The van der Waals surface area contributed by atoms with Crippen molar-refractivity contribution in [1.29, 1.82) is 0 Å². The molecular weight excluding hydrogens is 206 g/mol. The van der Waals surface area contributed by atoms with Crippen LogP contribution in [0.3, 0.4) is 0 Å². The first-order valence-electron chi connectivity index (χ1n) is 4.91. The van der Waals surface area contributed by atoms with Gasteiger partial charge in [-0.15, -0.1) is 0 Å². The van der Waals surface area contributed by atoms with Crippen molar-refractivity contribution >= 4 is 5.65 Å². The van der Waals surface area contributed by atoms with Crippen molar-refractivity contribution in [2.24, 2.45) is 0 Å². The predicted molar refractivity (Wildman–Crippen MR) is 57.3 cm³/mol. The second-order valence-corrected chi connectivity index (χ2v) is 3.52. The third kappa shape index (κ3) is 1.52. The van der Waals surface area contributed by atoms with Gasteiger partial charge in [-0.05, 0) is 12.1 Å². The molecule has 0 bridgehead atoms. The molecule has 0 saturated heterocycles. The van der Waals surface area contributed by atoms with Gasteiger partial charge in [0.15, 0.2) is 11.1 Å². The fourth-order valence-corrected chi connectivity index (χ4v) is 1.61. The number of nitrogens with one attached hydrogen (secondary N) is 1. The van der Waals surface area contributed by atoms with Crippen molar-refractivity contribution in [3.05, 3.63) is 58.5 Å². The van der Waals surface area contributed by atoms with E-state index in [2.05, 4.69) is 10.1 Å². The molecule has 5 nitrogen and oxygen atoms in total. The Bertz CT molecular complexity index is 664. The molecule has 0 saturated carbocycles. The van der Waals surface area contributed by atoms with Gasteiger partial charge in [0, 0.05) is 18.3 Å². The summed E-state index contributed by atoms with van der Waals surface area (Å²) in [6.07, 6.45) is 3.88. The maximum Gasteiger partial charge on any atom is 0.183 e. The second kappa shape index (κ2) is 3.37. The number of furan rings is 1. The van der Waals surface area contributed by atoms with Gasteiger partial charge in [-0.2, -0.15) is 0 Å². The van der Waals surface area contributed by atoms with Crippen LogP contribution in [0.2, 0.25) is 0 Å². The van der Waals surface area contributed by atoms with Gasteiger partial charge >= 0.3 is 0 Å². The second-order valence-electron chi connectivity index (χ2n) is 3.52. The van der Waals surface area contributed by atoms with Gasteiger partial charge in [0.1, 0.15) is 11.6 Å². The lowest BCUT2D eigenvalue weighted by Crippen LogP contribution is -1.98. The molecule has 0 spiro atoms. The largest absolute Gasteiger partial charge is 0.469 e. The van der Waals surface area contributed by atoms with Gasteiger partial charge in [-0.3, -0.25) is 9.89 Å². The SMILES string of the molecule is O=c1ccn2[nH]c(Cc3ccco3)nc2c1. The van der Waals surface area contributed by atoms with Crippen molar-refractivity contribution in [3.8, 4) is 0 Å². The van der Waals surface area contributed by atoms with E-state index in [9.17, 15) is 4.79 Å². The molecule has 16 heavy (non-hydrogen) atoms. The maximum absolute atomic E-state index is 11.1. The summed E-state index contributed by atoms with van der Waals surface area (Å²) in [7, 11) is 0. The maximum atomic E-state index is 11.1. The number of hydrogen-bond donors (Lipinski definition) is 1. The third-order valence-corrected chi connectivity index (χ3v) is 2.33. The van der Waals surface area contributed by atoms with Crippen LogP contribution in [-0.4, -0.2) is 14.6 Å². The average molecular weight is 215 g/mol. The molecule has 0 aliphatic carbocycles. The van der Waals surface area contributed by atoms with Crippen LogP contribution < -0.4 is 5.43 Å². The van der Waals surface area contributed by atoms with Gasteiger partial charge in [-0.25, -0.2) is 9.50 Å². The smallest absolute Gasteiger partial charge is 0.183 e. The molecule has 0 aromatic carbocycles. The summed E-state index contributed by atoms with van der Waals surface area (Å²) in [5, 5.41) is 3.07. The van der Waals surface area contributed by atoms with Crippen molar-refractivity contribution in [1.82, 2.24) is 14.6 Å². The summed E-state index contributed by atoms with van der Waals surface area (Å²) in [6, 6.07) is 6.70. The van der Waals surface area contributed by atoms with Crippen LogP contribution in [0.4, 0.5) is 0 Å². The third-order valence-electron chi connectivity index (χ3n) is 2.33. The molecule has 0 radical (unpaired) electrons. The highest BCUT2D eigenvalue weighted by molar-refractivity contribution is 5.36.